The lowest BCUT2D eigenvalue weighted by molar-refractivity contribution is 0.0120. The van der Waals surface area contributed by atoms with Crippen molar-refractivity contribution in [3.05, 3.63) is 35.1 Å². The van der Waals surface area contributed by atoms with Crippen LogP contribution in [0.3, 0.4) is 0 Å². The molecule has 1 aromatic rings. The van der Waals surface area contributed by atoms with Gasteiger partial charge < -0.3 is 5.32 Å². The van der Waals surface area contributed by atoms with Gasteiger partial charge in [0.1, 0.15) is 5.82 Å². The molecule has 3 rings (SSSR count). The standard InChI is InChI=1S/C18H27FN2/c1-14-6-7-16(19)10-15(14)11-21-13-17(2,3)20-12-18(21)8-4-5-9-18/h6-7,10,20H,4-5,8-9,11-13H2,1-3H3. The summed E-state index contributed by atoms with van der Waals surface area (Å²) in [7, 11) is 0. The van der Waals surface area contributed by atoms with Gasteiger partial charge in [0.05, 0.1) is 0 Å². The first kappa shape index (κ1) is 15.0. The minimum absolute atomic E-state index is 0.120. The molecular weight excluding hydrogens is 263 g/mol. The largest absolute Gasteiger partial charge is 0.309 e. The summed E-state index contributed by atoms with van der Waals surface area (Å²) in [5.41, 5.74) is 2.75. The number of aryl methyl sites for hydroxylation is 1. The van der Waals surface area contributed by atoms with Crippen LogP contribution in [0.5, 0.6) is 0 Å². The number of nitrogens with one attached hydrogen (secondary N) is 1. The molecule has 0 bridgehead atoms. The lowest BCUT2D eigenvalue weighted by Gasteiger charge is -2.51. The van der Waals surface area contributed by atoms with Crippen molar-refractivity contribution in [2.24, 2.45) is 0 Å². The summed E-state index contributed by atoms with van der Waals surface area (Å²) in [4.78, 5) is 2.62. The van der Waals surface area contributed by atoms with E-state index in [0.29, 0.717) is 0 Å². The highest BCUT2D eigenvalue weighted by molar-refractivity contribution is 5.27. The Morgan fingerprint density at radius 3 is 2.67 bits per heavy atom. The van der Waals surface area contributed by atoms with Gasteiger partial charge in [-0.15, -0.1) is 0 Å². The second-order valence-corrected chi connectivity index (χ2v) is 7.60. The summed E-state index contributed by atoms with van der Waals surface area (Å²) in [5.74, 6) is -0.120. The van der Waals surface area contributed by atoms with E-state index in [-0.39, 0.29) is 16.9 Å². The van der Waals surface area contributed by atoms with E-state index < -0.39 is 0 Å². The molecule has 1 heterocycles. The van der Waals surface area contributed by atoms with E-state index in [9.17, 15) is 4.39 Å². The second kappa shape index (κ2) is 5.36. The van der Waals surface area contributed by atoms with E-state index in [1.54, 1.807) is 12.1 Å². The first-order chi connectivity index (χ1) is 9.90. The topological polar surface area (TPSA) is 15.3 Å². The van der Waals surface area contributed by atoms with Gasteiger partial charge in [-0.2, -0.15) is 0 Å². The SMILES string of the molecule is Cc1ccc(F)cc1CN1CC(C)(C)NCC12CCCC2. The first-order valence-electron chi connectivity index (χ1n) is 8.15. The smallest absolute Gasteiger partial charge is 0.123 e. The van der Waals surface area contributed by atoms with Crippen molar-refractivity contribution in [2.75, 3.05) is 13.1 Å². The van der Waals surface area contributed by atoms with Gasteiger partial charge in [-0.25, -0.2) is 4.39 Å². The molecule has 0 radical (unpaired) electrons. The molecule has 2 fully saturated rings. The molecule has 2 aliphatic rings. The van der Waals surface area contributed by atoms with E-state index in [1.807, 2.05) is 6.07 Å². The minimum Gasteiger partial charge on any atom is -0.309 e. The third-order valence-corrected chi connectivity index (χ3v) is 5.36. The Bertz CT molecular complexity index is 518. The average molecular weight is 290 g/mol. The molecule has 3 heteroatoms. The maximum atomic E-state index is 13.6. The molecule has 1 aliphatic heterocycles. The Balaban J connectivity index is 1.87. The number of rotatable bonds is 2. The molecule has 0 unspecified atom stereocenters. The number of piperazine rings is 1. The molecule has 1 saturated heterocycles. The van der Waals surface area contributed by atoms with Gasteiger partial charge in [-0.3, -0.25) is 4.90 Å². The van der Waals surface area contributed by atoms with Crippen LogP contribution in [-0.2, 0) is 6.54 Å². The van der Waals surface area contributed by atoms with E-state index in [4.69, 9.17) is 0 Å². The number of hydrogen-bond donors (Lipinski definition) is 1. The third-order valence-electron chi connectivity index (χ3n) is 5.36. The van der Waals surface area contributed by atoms with Crippen LogP contribution in [0.1, 0.15) is 50.7 Å². The molecule has 1 aliphatic carbocycles. The lowest BCUT2D eigenvalue weighted by atomic mass is 9.86. The van der Waals surface area contributed by atoms with Crippen molar-refractivity contribution in [1.29, 1.82) is 0 Å². The highest BCUT2D eigenvalue weighted by atomic mass is 19.1. The quantitative estimate of drug-likeness (QED) is 0.895. The summed E-state index contributed by atoms with van der Waals surface area (Å²) in [6.45, 7) is 9.58. The van der Waals surface area contributed by atoms with Gasteiger partial charge in [0.25, 0.3) is 0 Å². The molecule has 2 nitrogen and oxygen atoms in total. The molecule has 1 spiro atoms. The van der Waals surface area contributed by atoms with E-state index in [0.717, 1.165) is 25.2 Å². The third kappa shape index (κ3) is 3.00. The summed E-state index contributed by atoms with van der Waals surface area (Å²) in [6, 6.07) is 5.18. The van der Waals surface area contributed by atoms with Crippen molar-refractivity contribution in [3.63, 3.8) is 0 Å². The molecular formula is C18H27FN2. The van der Waals surface area contributed by atoms with Crippen molar-refractivity contribution >= 4 is 0 Å². The number of halogens is 1. The molecule has 1 N–H and O–H groups in total. The summed E-state index contributed by atoms with van der Waals surface area (Å²) >= 11 is 0. The highest BCUT2D eigenvalue weighted by Crippen LogP contribution is 2.39. The van der Waals surface area contributed by atoms with Gasteiger partial charge in [-0.1, -0.05) is 18.9 Å². The molecule has 0 amide bonds. The molecule has 1 saturated carbocycles. The van der Waals surface area contributed by atoms with Crippen LogP contribution in [0.25, 0.3) is 0 Å². The van der Waals surface area contributed by atoms with Crippen LogP contribution >= 0.6 is 0 Å². The van der Waals surface area contributed by atoms with Crippen molar-refractivity contribution in [3.8, 4) is 0 Å². The fraction of sp³-hybridized carbons (Fsp3) is 0.667. The Labute approximate surface area is 127 Å². The van der Waals surface area contributed by atoms with Gasteiger partial charge in [0.15, 0.2) is 0 Å². The zero-order valence-electron chi connectivity index (χ0n) is 13.5. The first-order valence-corrected chi connectivity index (χ1v) is 8.15. The van der Waals surface area contributed by atoms with Crippen molar-refractivity contribution < 1.29 is 4.39 Å². The van der Waals surface area contributed by atoms with Crippen LogP contribution in [0.4, 0.5) is 4.39 Å². The van der Waals surface area contributed by atoms with Crippen molar-refractivity contribution in [1.82, 2.24) is 10.2 Å². The predicted molar refractivity (Wildman–Crippen MR) is 84.8 cm³/mol. The maximum Gasteiger partial charge on any atom is 0.123 e. The van der Waals surface area contributed by atoms with Gasteiger partial charge in [-0.05, 0) is 56.9 Å². The minimum atomic E-state index is -0.120. The Morgan fingerprint density at radius 2 is 1.95 bits per heavy atom. The fourth-order valence-corrected chi connectivity index (χ4v) is 3.98. The highest BCUT2D eigenvalue weighted by Gasteiger charge is 2.45. The number of hydrogen-bond acceptors (Lipinski definition) is 2. The summed E-state index contributed by atoms with van der Waals surface area (Å²) in [5, 5.41) is 3.72. The molecule has 116 valence electrons. The molecule has 1 aromatic carbocycles. The zero-order chi connectivity index (χ0) is 15.1. The van der Waals surface area contributed by atoms with E-state index in [1.165, 1.54) is 31.2 Å². The van der Waals surface area contributed by atoms with E-state index >= 15 is 0 Å². The van der Waals surface area contributed by atoms with Crippen LogP contribution in [-0.4, -0.2) is 29.1 Å². The molecule has 0 aromatic heterocycles. The fourth-order valence-electron chi connectivity index (χ4n) is 3.98. The Hall–Kier alpha value is -0.930. The van der Waals surface area contributed by atoms with Crippen molar-refractivity contribution in [2.45, 2.75) is 64.1 Å². The molecule has 21 heavy (non-hydrogen) atoms. The van der Waals surface area contributed by atoms with Crippen LogP contribution in [0, 0.1) is 12.7 Å². The van der Waals surface area contributed by atoms with Gasteiger partial charge in [0.2, 0.25) is 0 Å². The normalized spacial score (nSPS) is 24.6. The zero-order valence-corrected chi connectivity index (χ0v) is 13.5. The van der Waals surface area contributed by atoms with Gasteiger partial charge in [0, 0.05) is 30.7 Å². The van der Waals surface area contributed by atoms with Crippen LogP contribution in [0.2, 0.25) is 0 Å². The van der Waals surface area contributed by atoms with Crippen LogP contribution in [0.15, 0.2) is 18.2 Å². The van der Waals surface area contributed by atoms with E-state index in [2.05, 4.69) is 31.0 Å². The van der Waals surface area contributed by atoms with Gasteiger partial charge >= 0.3 is 0 Å². The summed E-state index contributed by atoms with van der Waals surface area (Å²) < 4.78 is 13.6. The monoisotopic (exact) mass is 290 g/mol. The number of nitrogens with zero attached hydrogens (tertiary/aromatic N) is 1. The lowest BCUT2D eigenvalue weighted by Crippen LogP contribution is -2.67. The Kier molecular flexibility index (Phi) is 3.83. The predicted octanol–water partition coefficient (Wildman–Crippen LogP) is 3.63. The average Bonchev–Trinajstić information content (AvgIpc) is 2.88. The Morgan fingerprint density at radius 1 is 1.24 bits per heavy atom. The maximum absolute atomic E-state index is 13.6. The summed E-state index contributed by atoms with van der Waals surface area (Å²) in [6.07, 6.45) is 5.18. The molecule has 0 atom stereocenters. The second-order valence-electron chi connectivity index (χ2n) is 7.60. The number of benzene rings is 1. The van der Waals surface area contributed by atoms with Crippen LogP contribution < -0.4 is 5.32 Å².